The van der Waals surface area contributed by atoms with E-state index in [1.165, 1.54) is 0 Å². The molecule has 0 radical (unpaired) electrons. The van der Waals surface area contributed by atoms with Crippen molar-refractivity contribution in [1.82, 2.24) is 24.6 Å². The molecule has 1 aliphatic rings. The smallest absolute Gasteiger partial charge is 0.240 e. The van der Waals surface area contributed by atoms with Gasteiger partial charge in [0.05, 0.1) is 18.6 Å². The molecule has 0 saturated carbocycles. The Morgan fingerprint density at radius 2 is 2.26 bits per heavy atom. The van der Waals surface area contributed by atoms with Gasteiger partial charge in [-0.1, -0.05) is 5.16 Å². The van der Waals surface area contributed by atoms with Gasteiger partial charge in [0.15, 0.2) is 5.82 Å². The molecule has 102 valence electrons. The topological polar surface area (TPSA) is 86.0 Å². The summed E-state index contributed by atoms with van der Waals surface area (Å²) in [6.07, 6.45) is 3.84. The van der Waals surface area contributed by atoms with Crippen LogP contribution in [0.5, 0.6) is 0 Å². The first-order chi connectivity index (χ1) is 9.02. The van der Waals surface area contributed by atoms with Crippen molar-refractivity contribution in [1.29, 1.82) is 0 Å². The van der Waals surface area contributed by atoms with E-state index < -0.39 is 5.54 Å². The van der Waals surface area contributed by atoms with Crippen molar-refractivity contribution in [3.63, 3.8) is 0 Å². The summed E-state index contributed by atoms with van der Waals surface area (Å²) in [6, 6.07) is 0. The standard InChI is InChI=1S/C12H18N6O/c1-12(2,13)11-15-10(19-16-11)8-17-5-6-18-4-3-14-9(18)7-17/h3-4H,5-8,13H2,1-2H3. The van der Waals surface area contributed by atoms with Crippen molar-refractivity contribution in [2.45, 2.75) is 39.0 Å². The summed E-state index contributed by atoms with van der Waals surface area (Å²) in [5.74, 6) is 2.22. The molecule has 2 N–H and O–H groups in total. The fourth-order valence-electron chi connectivity index (χ4n) is 2.13. The Hall–Kier alpha value is -1.73. The second kappa shape index (κ2) is 4.43. The van der Waals surface area contributed by atoms with E-state index in [1.54, 1.807) is 0 Å². The minimum atomic E-state index is -0.570. The highest BCUT2D eigenvalue weighted by Gasteiger charge is 2.23. The third kappa shape index (κ3) is 2.52. The van der Waals surface area contributed by atoms with Crippen molar-refractivity contribution in [3.8, 4) is 0 Å². The maximum absolute atomic E-state index is 5.94. The SMILES string of the molecule is CC(C)(N)c1noc(CN2CCn3ccnc3C2)n1. The van der Waals surface area contributed by atoms with Gasteiger partial charge >= 0.3 is 0 Å². The second-order valence-electron chi connectivity index (χ2n) is 5.48. The van der Waals surface area contributed by atoms with E-state index in [0.717, 1.165) is 25.5 Å². The summed E-state index contributed by atoms with van der Waals surface area (Å²) in [7, 11) is 0. The molecule has 19 heavy (non-hydrogen) atoms. The lowest BCUT2D eigenvalue weighted by Gasteiger charge is -2.25. The zero-order valence-electron chi connectivity index (χ0n) is 11.2. The number of hydrogen-bond donors (Lipinski definition) is 1. The molecule has 7 heteroatoms. The van der Waals surface area contributed by atoms with Crippen LogP contribution in [0.15, 0.2) is 16.9 Å². The van der Waals surface area contributed by atoms with E-state index in [1.807, 2.05) is 26.2 Å². The maximum atomic E-state index is 5.94. The summed E-state index contributed by atoms with van der Waals surface area (Å²) in [4.78, 5) is 10.9. The van der Waals surface area contributed by atoms with E-state index in [9.17, 15) is 0 Å². The van der Waals surface area contributed by atoms with Crippen molar-refractivity contribution >= 4 is 0 Å². The largest absolute Gasteiger partial charge is 0.338 e. The minimum Gasteiger partial charge on any atom is -0.338 e. The Bertz CT molecular complexity index is 567. The molecule has 0 unspecified atom stereocenters. The van der Waals surface area contributed by atoms with Crippen LogP contribution in [-0.2, 0) is 25.2 Å². The molecule has 2 aromatic rings. The zero-order chi connectivity index (χ0) is 13.5. The third-order valence-electron chi connectivity index (χ3n) is 3.23. The Labute approximate surface area is 111 Å². The molecule has 0 amide bonds. The van der Waals surface area contributed by atoms with Crippen LogP contribution in [0, 0.1) is 0 Å². The quantitative estimate of drug-likeness (QED) is 0.865. The lowest BCUT2D eigenvalue weighted by atomic mass is 10.1. The molecule has 0 spiro atoms. The molecule has 0 atom stereocenters. The lowest BCUT2D eigenvalue weighted by molar-refractivity contribution is 0.183. The predicted octanol–water partition coefficient (Wildman–Crippen LogP) is 0.476. The van der Waals surface area contributed by atoms with Crippen LogP contribution < -0.4 is 5.73 Å². The second-order valence-corrected chi connectivity index (χ2v) is 5.48. The van der Waals surface area contributed by atoms with Gasteiger partial charge in [0.25, 0.3) is 0 Å². The average molecular weight is 262 g/mol. The fraction of sp³-hybridized carbons (Fsp3) is 0.583. The van der Waals surface area contributed by atoms with Gasteiger partial charge in [-0.2, -0.15) is 4.98 Å². The molecular formula is C12H18N6O. The number of hydrogen-bond acceptors (Lipinski definition) is 6. The predicted molar refractivity (Wildman–Crippen MR) is 67.9 cm³/mol. The lowest BCUT2D eigenvalue weighted by Crippen LogP contribution is -2.33. The molecule has 7 nitrogen and oxygen atoms in total. The monoisotopic (exact) mass is 262 g/mol. The summed E-state index contributed by atoms with van der Waals surface area (Å²) >= 11 is 0. The molecule has 0 saturated heterocycles. The van der Waals surface area contributed by atoms with Gasteiger partial charge in [0, 0.05) is 25.5 Å². The molecule has 0 aromatic carbocycles. The Morgan fingerprint density at radius 3 is 3.00 bits per heavy atom. The van der Waals surface area contributed by atoms with E-state index in [-0.39, 0.29) is 0 Å². The number of fused-ring (bicyclic) bond motifs is 1. The van der Waals surface area contributed by atoms with Crippen molar-refractivity contribution in [2.75, 3.05) is 6.54 Å². The van der Waals surface area contributed by atoms with Crippen LogP contribution >= 0.6 is 0 Å². The normalized spacial score (nSPS) is 16.6. The van der Waals surface area contributed by atoms with E-state index in [4.69, 9.17) is 10.3 Å². The minimum absolute atomic E-state index is 0.543. The molecule has 0 fully saturated rings. The van der Waals surface area contributed by atoms with Crippen LogP contribution in [0.3, 0.4) is 0 Å². The van der Waals surface area contributed by atoms with Crippen LogP contribution in [0.4, 0.5) is 0 Å². The maximum Gasteiger partial charge on any atom is 0.240 e. The van der Waals surface area contributed by atoms with Crippen LogP contribution in [0.1, 0.15) is 31.4 Å². The highest BCUT2D eigenvalue weighted by molar-refractivity contribution is 5.00. The first-order valence-corrected chi connectivity index (χ1v) is 6.37. The molecule has 0 bridgehead atoms. The van der Waals surface area contributed by atoms with E-state index in [2.05, 4.69) is 24.6 Å². The molecule has 2 aromatic heterocycles. The molecule has 1 aliphatic heterocycles. The van der Waals surface area contributed by atoms with Gasteiger partial charge in [0.1, 0.15) is 5.82 Å². The molecule has 3 heterocycles. The van der Waals surface area contributed by atoms with Crippen LogP contribution in [0.25, 0.3) is 0 Å². The highest BCUT2D eigenvalue weighted by atomic mass is 16.5. The first kappa shape index (κ1) is 12.3. The summed E-state index contributed by atoms with van der Waals surface area (Å²) in [5.41, 5.74) is 5.37. The number of rotatable bonds is 3. The summed E-state index contributed by atoms with van der Waals surface area (Å²) in [6.45, 7) is 7.05. The van der Waals surface area contributed by atoms with E-state index >= 15 is 0 Å². The van der Waals surface area contributed by atoms with Crippen LogP contribution in [-0.4, -0.2) is 31.1 Å². The van der Waals surface area contributed by atoms with Crippen molar-refractivity contribution < 1.29 is 4.52 Å². The first-order valence-electron chi connectivity index (χ1n) is 6.37. The van der Waals surface area contributed by atoms with Gasteiger partial charge in [-0.15, -0.1) is 0 Å². The van der Waals surface area contributed by atoms with Gasteiger partial charge in [0.2, 0.25) is 5.89 Å². The van der Waals surface area contributed by atoms with Crippen LogP contribution in [0.2, 0.25) is 0 Å². The molecule has 0 aliphatic carbocycles. The van der Waals surface area contributed by atoms with Gasteiger partial charge in [-0.05, 0) is 13.8 Å². The highest BCUT2D eigenvalue weighted by Crippen LogP contribution is 2.16. The van der Waals surface area contributed by atoms with E-state index in [0.29, 0.717) is 18.3 Å². The Morgan fingerprint density at radius 1 is 1.42 bits per heavy atom. The van der Waals surface area contributed by atoms with Gasteiger partial charge < -0.3 is 14.8 Å². The third-order valence-corrected chi connectivity index (χ3v) is 3.23. The van der Waals surface area contributed by atoms with Crippen molar-refractivity contribution in [2.24, 2.45) is 5.73 Å². The van der Waals surface area contributed by atoms with Crippen molar-refractivity contribution in [3.05, 3.63) is 29.9 Å². The summed E-state index contributed by atoms with van der Waals surface area (Å²) in [5, 5.41) is 3.93. The summed E-state index contributed by atoms with van der Waals surface area (Å²) < 4.78 is 7.42. The van der Waals surface area contributed by atoms with Gasteiger partial charge in [-0.25, -0.2) is 4.98 Å². The fourth-order valence-corrected chi connectivity index (χ4v) is 2.13. The Kier molecular flexibility index (Phi) is 2.87. The number of nitrogens with zero attached hydrogens (tertiary/aromatic N) is 5. The molecular weight excluding hydrogens is 244 g/mol. The molecule has 3 rings (SSSR count). The number of nitrogens with two attached hydrogens (primary N) is 1. The zero-order valence-corrected chi connectivity index (χ0v) is 11.2. The van der Waals surface area contributed by atoms with Gasteiger partial charge in [-0.3, -0.25) is 4.90 Å². The Balaban J connectivity index is 1.68. The average Bonchev–Trinajstić information content (AvgIpc) is 2.95. The number of imidazole rings is 1. The number of aromatic nitrogens is 4.